The summed E-state index contributed by atoms with van der Waals surface area (Å²) in [6, 6.07) is 6.22. The SMILES string of the molecule is NCCNC(=O)[C@H]1CC(N(Cc2ccc([N+](=O)[O-])cc2)CC2CCCO2)CCN1C(=O)C1CC1. The highest BCUT2D eigenvalue weighted by atomic mass is 16.6. The first-order chi connectivity index (χ1) is 16.5. The van der Waals surface area contributed by atoms with E-state index in [2.05, 4.69) is 10.2 Å². The van der Waals surface area contributed by atoms with Crippen molar-refractivity contribution in [2.75, 3.05) is 32.8 Å². The van der Waals surface area contributed by atoms with Gasteiger partial charge in [-0.05, 0) is 44.1 Å². The maximum Gasteiger partial charge on any atom is 0.269 e. The quantitative estimate of drug-likeness (QED) is 0.388. The molecule has 34 heavy (non-hydrogen) atoms. The van der Waals surface area contributed by atoms with Crippen molar-refractivity contribution in [3.63, 3.8) is 0 Å². The average molecular weight is 474 g/mol. The fourth-order valence-electron chi connectivity index (χ4n) is 5.02. The van der Waals surface area contributed by atoms with E-state index < -0.39 is 11.0 Å². The maximum absolute atomic E-state index is 13.0. The number of nitro benzene ring substituents is 1. The van der Waals surface area contributed by atoms with Gasteiger partial charge in [-0.1, -0.05) is 12.1 Å². The number of hydrogen-bond donors (Lipinski definition) is 2. The van der Waals surface area contributed by atoms with E-state index in [4.69, 9.17) is 10.5 Å². The molecule has 3 N–H and O–H groups in total. The summed E-state index contributed by atoms with van der Waals surface area (Å²) in [6.07, 6.45) is 5.30. The number of carbonyl (C=O) groups excluding carboxylic acids is 2. The molecule has 2 unspecified atom stereocenters. The van der Waals surface area contributed by atoms with E-state index >= 15 is 0 Å². The molecule has 2 aliphatic heterocycles. The highest BCUT2D eigenvalue weighted by Gasteiger charge is 2.43. The Morgan fingerprint density at radius 3 is 2.59 bits per heavy atom. The largest absolute Gasteiger partial charge is 0.377 e. The van der Waals surface area contributed by atoms with E-state index in [-0.39, 0.29) is 35.6 Å². The summed E-state index contributed by atoms with van der Waals surface area (Å²) in [4.78, 5) is 40.7. The van der Waals surface area contributed by atoms with E-state index in [1.807, 2.05) is 0 Å². The van der Waals surface area contributed by atoms with Gasteiger partial charge in [-0.25, -0.2) is 0 Å². The van der Waals surface area contributed by atoms with Crippen LogP contribution >= 0.6 is 0 Å². The number of likely N-dealkylation sites (tertiary alicyclic amines) is 1. The van der Waals surface area contributed by atoms with Crippen molar-refractivity contribution >= 4 is 17.5 Å². The molecule has 1 saturated carbocycles. The molecule has 10 nitrogen and oxygen atoms in total. The summed E-state index contributed by atoms with van der Waals surface area (Å²) in [5, 5.41) is 13.9. The summed E-state index contributed by atoms with van der Waals surface area (Å²) >= 11 is 0. The molecule has 0 bridgehead atoms. The number of amides is 2. The van der Waals surface area contributed by atoms with Crippen LogP contribution in [0.15, 0.2) is 24.3 Å². The monoisotopic (exact) mass is 473 g/mol. The Labute approximate surface area is 199 Å². The zero-order valence-corrected chi connectivity index (χ0v) is 19.6. The van der Waals surface area contributed by atoms with Crippen molar-refractivity contribution in [1.29, 1.82) is 0 Å². The molecule has 1 aromatic rings. The summed E-state index contributed by atoms with van der Waals surface area (Å²) in [5.74, 6) is 0.00778. The minimum atomic E-state index is -0.512. The number of nitrogens with zero attached hydrogens (tertiary/aromatic N) is 3. The topological polar surface area (TPSA) is 131 Å². The maximum atomic E-state index is 13.0. The van der Waals surface area contributed by atoms with Gasteiger partial charge >= 0.3 is 0 Å². The molecule has 0 aromatic heterocycles. The van der Waals surface area contributed by atoms with Crippen molar-refractivity contribution < 1.29 is 19.2 Å². The van der Waals surface area contributed by atoms with Crippen LogP contribution in [0, 0.1) is 16.0 Å². The standard InChI is InChI=1S/C24H35N5O5/c25-10-11-26-23(30)22-14-20(9-12-28(22)24(31)18-5-6-18)27(16-21-2-1-13-34-21)15-17-3-7-19(8-4-17)29(32)33/h3-4,7-8,18,20-22H,1-2,5-6,9-16,25H2,(H,26,30)/t20?,21?,22-/m1/s1. The van der Waals surface area contributed by atoms with E-state index in [1.54, 1.807) is 17.0 Å². The Hall–Kier alpha value is -2.56. The lowest BCUT2D eigenvalue weighted by Crippen LogP contribution is -2.58. The lowest BCUT2D eigenvalue weighted by Gasteiger charge is -2.43. The average Bonchev–Trinajstić information content (AvgIpc) is 3.58. The Kier molecular flexibility index (Phi) is 8.12. The molecule has 1 aromatic carbocycles. The van der Waals surface area contributed by atoms with E-state index in [9.17, 15) is 19.7 Å². The number of piperidine rings is 1. The van der Waals surface area contributed by atoms with Gasteiger partial charge < -0.3 is 20.7 Å². The Morgan fingerprint density at radius 1 is 1.21 bits per heavy atom. The van der Waals surface area contributed by atoms with Crippen molar-refractivity contribution in [3.05, 3.63) is 39.9 Å². The smallest absolute Gasteiger partial charge is 0.269 e. The van der Waals surface area contributed by atoms with Gasteiger partial charge in [0.05, 0.1) is 11.0 Å². The molecule has 186 valence electrons. The van der Waals surface area contributed by atoms with E-state index in [0.29, 0.717) is 32.6 Å². The van der Waals surface area contributed by atoms with Crippen LogP contribution in [0.5, 0.6) is 0 Å². The molecular weight excluding hydrogens is 438 g/mol. The van der Waals surface area contributed by atoms with Gasteiger partial charge in [-0.2, -0.15) is 0 Å². The molecule has 2 saturated heterocycles. The first-order valence-electron chi connectivity index (χ1n) is 12.3. The van der Waals surface area contributed by atoms with Gasteiger partial charge in [0.15, 0.2) is 0 Å². The van der Waals surface area contributed by atoms with Gasteiger partial charge in [0.2, 0.25) is 11.8 Å². The van der Waals surface area contributed by atoms with Gasteiger partial charge in [-0.15, -0.1) is 0 Å². The third-order valence-corrected chi connectivity index (χ3v) is 7.04. The number of rotatable bonds is 10. The molecule has 1 aliphatic carbocycles. The predicted molar refractivity (Wildman–Crippen MR) is 126 cm³/mol. The first kappa shape index (κ1) is 24.6. The Balaban J connectivity index is 1.51. The number of non-ortho nitro benzene ring substituents is 1. The Morgan fingerprint density at radius 2 is 1.97 bits per heavy atom. The molecule has 0 radical (unpaired) electrons. The van der Waals surface area contributed by atoms with E-state index in [0.717, 1.165) is 50.8 Å². The molecule has 0 spiro atoms. The zero-order valence-electron chi connectivity index (χ0n) is 19.6. The predicted octanol–water partition coefficient (Wildman–Crippen LogP) is 1.42. The third-order valence-electron chi connectivity index (χ3n) is 7.04. The molecule has 3 atom stereocenters. The van der Waals surface area contributed by atoms with Crippen LogP contribution in [0.2, 0.25) is 0 Å². The third kappa shape index (κ3) is 6.11. The summed E-state index contributed by atoms with van der Waals surface area (Å²) in [5.41, 5.74) is 6.63. The van der Waals surface area contributed by atoms with Crippen LogP contribution < -0.4 is 11.1 Å². The fraction of sp³-hybridized carbons (Fsp3) is 0.667. The second-order valence-electron chi connectivity index (χ2n) is 9.57. The minimum Gasteiger partial charge on any atom is -0.377 e. The second kappa shape index (κ2) is 11.2. The first-order valence-corrected chi connectivity index (χ1v) is 12.3. The van der Waals surface area contributed by atoms with Crippen LogP contribution in [-0.4, -0.2) is 77.5 Å². The van der Waals surface area contributed by atoms with Crippen LogP contribution in [-0.2, 0) is 20.9 Å². The molecule has 3 aliphatic rings. The molecule has 4 rings (SSSR count). The van der Waals surface area contributed by atoms with Gasteiger partial charge in [0.1, 0.15) is 6.04 Å². The highest BCUT2D eigenvalue weighted by molar-refractivity contribution is 5.89. The van der Waals surface area contributed by atoms with Gasteiger partial charge in [-0.3, -0.25) is 24.6 Å². The lowest BCUT2D eigenvalue weighted by molar-refractivity contribution is -0.384. The van der Waals surface area contributed by atoms with Gasteiger partial charge in [0, 0.05) is 63.4 Å². The van der Waals surface area contributed by atoms with Crippen molar-refractivity contribution in [1.82, 2.24) is 15.1 Å². The number of nitro groups is 1. The molecule has 10 heteroatoms. The van der Waals surface area contributed by atoms with Crippen molar-refractivity contribution in [2.45, 2.75) is 63.3 Å². The fourth-order valence-corrected chi connectivity index (χ4v) is 5.02. The van der Waals surface area contributed by atoms with Crippen molar-refractivity contribution in [2.24, 2.45) is 11.7 Å². The number of hydrogen-bond acceptors (Lipinski definition) is 7. The minimum absolute atomic E-state index is 0.0597. The number of ether oxygens (including phenoxy) is 1. The second-order valence-corrected chi connectivity index (χ2v) is 9.57. The normalized spacial score (nSPS) is 24.9. The van der Waals surface area contributed by atoms with Gasteiger partial charge in [0.25, 0.3) is 5.69 Å². The number of benzene rings is 1. The number of nitrogens with one attached hydrogen (secondary N) is 1. The van der Waals surface area contributed by atoms with Crippen LogP contribution in [0.1, 0.15) is 44.1 Å². The zero-order chi connectivity index (χ0) is 24.1. The number of nitrogens with two attached hydrogens (primary N) is 1. The Bertz CT molecular complexity index is 869. The van der Waals surface area contributed by atoms with Crippen LogP contribution in [0.4, 0.5) is 5.69 Å². The van der Waals surface area contributed by atoms with Crippen LogP contribution in [0.25, 0.3) is 0 Å². The molecular formula is C24H35N5O5. The lowest BCUT2D eigenvalue weighted by atomic mass is 9.93. The molecule has 2 heterocycles. The molecule has 2 amide bonds. The summed E-state index contributed by atoms with van der Waals surface area (Å²) in [7, 11) is 0. The summed E-state index contributed by atoms with van der Waals surface area (Å²) < 4.78 is 5.90. The number of carbonyl (C=O) groups is 2. The van der Waals surface area contributed by atoms with Crippen molar-refractivity contribution in [3.8, 4) is 0 Å². The highest BCUT2D eigenvalue weighted by Crippen LogP contribution is 2.34. The molecule has 3 fully saturated rings. The van der Waals surface area contributed by atoms with Crippen LogP contribution in [0.3, 0.4) is 0 Å². The van der Waals surface area contributed by atoms with E-state index in [1.165, 1.54) is 12.1 Å². The summed E-state index contributed by atoms with van der Waals surface area (Å²) in [6.45, 7) is 3.38.